The lowest BCUT2D eigenvalue weighted by atomic mass is 10.2. The number of carbonyl (C=O) groups excluding carboxylic acids is 1. The van der Waals surface area contributed by atoms with Crippen molar-refractivity contribution in [1.29, 1.82) is 0 Å². The lowest BCUT2D eigenvalue weighted by molar-refractivity contribution is 0.102. The topological polar surface area (TPSA) is 82.6 Å². The van der Waals surface area contributed by atoms with Crippen LogP contribution in [0.5, 0.6) is 17.4 Å². The van der Waals surface area contributed by atoms with Crippen molar-refractivity contribution < 1.29 is 19.0 Å². The molecule has 0 saturated heterocycles. The average Bonchev–Trinajstić information content (AvgIpc) is 2.56. The fourth-order valence-corrected chi connectivity index (χ4v) is 1.75. The molecule has 0 unspecified atom stereocenters. The molecule has 7 heteroatoms. The lowest BCUT2D eigenvalue weighted by Crippen LogP contribution is -2.15. The van der Waals surface area contributed by atoms with E-state index in [4.69, 9.17) is 14.2 Å². The highest BCUT2D eigenvalue weighted by Crippen LogP contribution is 2.29. The smallest absolute Gasteiger partial charge is 0.276 e. The fraction of sp³-hybridized carbons (Fsp3) is 0.267. The van der Waals surface area contributed by atoms with Crippen molar-refractivity contribution in [3.05, 3.63) is 36.0 Å². The van der Waals surface area contributed by atoms with Crippen LogP contribution < -0.4 is 19.5 Å². The van der Waals surface area contributed by atoms with Crippen LogP contribution in [-0.4, -0.2) is 36.9 Å². The van der Waals surface area contributed by atoms with E-state index in [0.29, 0.717) is 29.7 Å². The van der Waals surface area contributed by atoms with Gasteiger partial charge in [-0.3, -0.25) is 4.79 Å². The highest BCUT2D eigenvalue weighted by Gasteiger charge is 2.12. The van der Waals surface area contributed by atoms with Gasteiger partial charge in [0.05, 0.1) is 26.5 Å². The third-order valence-electron chi connectivity index (χ3n) is 2.82. The second-order valence-corrected chi connectivity index (χ2v) is 4.21. The van der Waals surface area contributed by atoms with Gasteiger partial charge in [-0.15, -0.1) is 10.2 Å². The largest absolute Gasteiger partial charge is 0.497 e. The minimum absolute atomic E-state index is 0.182. The Bertz CT molecular complexity index is 644. The molecule has 0 aliphatic carbocycles. The van der Waals surface area contributed by atoms with E-state index in [2.05, 4.69) is 15.5 Å². The third-order valence-corrected chi connectivity index (χ3v) is 2.82. The quantitative estimate of drug-likeness (QED) is 0.880. The molecule has 22 heavy (non-hydrogen) atoms. The summed E-state index contributed by atoms with van der Waals surface area (Å²) in [5, 5.41) is 10.4. The number of nitrogens with zero attached hydrogens (tertiary/aromatic N) is 2. The molecule has 1 amide bonds. The number of rotatable bonds is 6. The van der Waals surface area contributed by atoms with Gasteiger partial charge in [0, 0.05) is 12.1 Å². The molecule has 1 aromatic heterocycles. The van der Waals surface area contributed by atoms with Crippen LogP contribution in [0, 0.1) is 0 Å². The zero-order valence-corrected chi connectivity index (χ0v) is 12.6. The molecule has 0 radical (unpaired) electrons. The molecule has 0 fully saturated rings. The Labute approximate surface area is 128 Å². The standard InChI is InChI=1S/C15H17N3O4/c1-4-22-14-8-7-12(17-18-14)15(19)16-11-6-5-10(20-2)9-13(11)21-3/h5-9H,4H2,1-3H3,(H,16,19). The second kappa shape index (κ2) is 7.26. The number of aromatic nitrogens is 2. The maximum absolute atomic E-state index is 12.2. The van der Waals surface area contributed by atoms with Crippen molar-refractivity contribution in [1.82, 2.24) is 10.2 Å². The van der Waals surface area contributed by atoms with Crippen LogP contribution in [0.25, 0.3) is 0 Å². The van der Waals surface area contributed by atoms with Gasteiger partial charge in [0.2, 0.25) is 5.88 Å². The van der Waals surface area contributed by atoms with Crippen LogP contribution in [0.1, 0.15) is 17.4 Å². The van der Waals surface area contributed by atoms with E-state index in [1.165, 1.54) is 7.11 Å². The van der Waals surface area contributed by atoms with Crippen LogP contribution in [0.2, 0.25) is 0 Å². The Morgan fingerprint density at radius 3 is 2.55 bits per heavy atom. The molecule has 2 aromatic rings. The number of hydrogen-bond donors (Lipinski definition) is 1. The summed E-state index contributed by atoms with van der Waals surface area (Å²) in [5.41, 5.74) is 0.699. The summed E-state index contributed by atoms with van der Waals surface area (Å²) >= 11 is 0. The van der Waals surface area contributed by atoms with Gasteiger partial charge in [0.15, 0.2) is 5.69 Å². The van der Waals surface area contributed by atoms with E-state index >= 15 is 0 Å². The van der Waals surface area contributed by atoms with Gasteiger partial charge >= 0.3 is 0 Å². The van der Waals surface area contributed by atoms with E-state index in [1.54, 1.807) is 37.4 Å². The molecule has 0 aliphatic heterocycles. The van der Waals surface area contributed by atoms with Gasteiger partial charge < -0.3 is 19.5 Å². The summed E-state index contributed by atoms with van der Waals surface area (Å²) in [6.07, 6.45) is 0. The molecule has 116 valence electrons. The van der Waals surface area contributed by atoms with E-state index < -0.39 is 0 Å². The summed E-state index contributed by atoms with van der Waals surface area (Å²) in [5.74, 6) is 1.11. The van der Waals surface area contributed by atoms with Crippen molar-refractivity contribution in [3.8, 4) is 17.4 Å². The number of benzene rings is 1. The first-order valence-electron chi connectivity index (χ1n) is 6.67. The van der Waals surface area contributed by atoms with Crippen molar-refractivity contribution in [3.63, 3.8) is 0 Å². The zero-order valence-electron chi connectivity index (χ0n) is 12.6. The first kappa shape index (κ1) is 15.6. The van der Waals surface area contributed by atoms with Crippen molar-refractivity contribution in [2.75, 3.05) is 26.1 Å². The number of amides is 1. The van der Waals surface area contributed by atoms with Crippen LogP contribution in [-0.2, 0) is 0 Å². The van der Waals surface area contributed by atoms with Gasteiger partial charge in [-0.25, -0.2) is 0 Å². The van der Waals surface area contributed by atoms with E-state index in [-0.39, 0.29) is 11.6 Å². The second-order valence-electron chi connectivity index (χ2n) is 4.21. The van der Waals surface area contributed by atoms with Gasteiger partial charge in [-0.2, -0.15) is 0 Å². The number of nitrogens with one attached hydrogen (secondary N) is 1. The summed E-state index contributed by atoms with van der Waals surface area (Å²) in [4.78, 5) is 12.2. The molecular weight excluding hydrogens is 286 g/mol. The van der Waals surface area contributed by atoms with E-state index in [0.717, 1.165) is 0 Å². The van der Waals surface area contributed by atoms with Crippen LogP contribution >= 0.6 is 0 Å². The van der Waals surface area contributed by atoms with Crippen molar-refractivity contribution in [2.24, 2.45) is 0 Å². The molecule has 0 atom stereocenters. The minimum atomic E-state index is -0.390. The van der Waals surface area contributed by atoms with Gasteiger partial charge in [0.25, 0.3) is 5.91 Å². The van der Waals surface area contributed by atoms with Crippen molar-refractivity contribution >= 4 is 11.6 Å². The third kappa shape index (κ3) is 3.63. The molecule has 0 saturated carbocycles. The molecule has 1 aromatic carbocycles. The number of anilines is 1. The monoisotopic (exact) mass is 303 g/mol. The Kier molecular flexibility index (Phi) is 5.13. The predicted octanol–water partition coefficient (Wildman–Crippen LogP) is 2.14. The Morgan fingerprint density at radius 2 is 1.95 bits per heavy atom. The van der Waals surface area contributed by atoms with Crippen LogP contribution in [0.3, 0.4) is 0 Å². The predicted molar refractivity (Wildman–Crippen MR) is 80.7 cm³/mol. The number of hydrogen-bond acceptors (Lipinski definition) is 6. The molecule has 1 N–H and O–H groups in total. The van der Waals surface area contributed by atoms with Gasteiger partial charge in [-0.05, 0) is 25.1 Å². The highest BCUT2D eigenvalue weighted by atomic mass is 16.5. The summed E-state index contributed by atoms with van der Waals surface area (Å²) in [7, 11) is 3.07. The number of ether oxygens (including phenoxy) is 3. The van der Waals surface area contributed by atoms with Gasteiger partial charge in [0.1, 0.15) is 11.5 Å². The minimum Gasteiger partial charge on any atom is -0.497 e. The normalized spacial score (nSPS) is 9.95. The summed E-state index contributed by atoms with van der Waals surface area (Å²) < 4.78 is 15.5. The maximum atomic E-state index is 12.2. The summed E-state index contributed by atoms with van der Waals surface area (Å²) in [6, 6.07) is 8.24. The average molecular weight is 303 g/mol. The number of carbonyl (C=O) groups is 1. The van der Waals surface area contributed by atoms with E-state index in [9.17, 15) is 4.79 Å². The zero-order chi connectivity index (χ0) is 15.9. The SMILES string of the molecule is CCOc1ccc(C(=O)Nc2ccc(OC)cc2OC)nn1. The molecular formula is C15H17N3O4. The Balaban J connectivity index is 2.14. The Morgan fingerprint density at radius 1 is 1.14 bits per heavy atom. The highest BCUT2D eigenvalue weighted by molar-refractivity contribution is 6.03. The first-order chi connectivity index (χ1) is 10.7. The van der Waals surface area contributed by atoms with Crippen LogP contribution in [0.15, 0.2) is 30.3 Å². The maximum Gasteiger partial charge on any atom is 0.276 e. The van der Waals surface area contributed by atoms with Crippen molar-refractivity contribution in [2.45, 2.75) is 6.92 Å². The summed E-state index contributed by atoms with van der Waals surface area (Å²) in [6.45, 7) is 2.33. The molecule has 0 bridgehead atoms. The lowest BCUT2D eigenvalue weighted by Gasteiger charge is -2.11. The van der Waals surface area contributed by atoms with E-state index in [1.807, 2.05) is 6.92 Å². The number of methoxy groups -OCH3 is 2. The van der Waals surface area contributed by atoms with Gasteiger partial charge in [-0.1, -0.05) is 0 Å². The molecule has 0 aliphatic rings. The molecule has 2 rings (SSSR count). The Hall–Kier alpha value is -2.83. The molecule has 1 heterocycles. The first-order valence-corrected chi connectivity index (χ1v) is 6.67. The fourth-order valence-electron chi connectivity index (χ4n) is 1.75. The molecule has 7 nitrogen and oxygen atoms in total. The molecule has 0 spiro atoms. The van der Waals surface area contributed by atoms with Crippen LogP contribution in [0.4, 0.5) is 5.69 Å².